The average molecular weight is 546 g/mol. The number of benzene rings is 3. The highest BCUT2D eigenvalue weighted by molar-refractivity contribution is 6.31. The summed E-state index contributed by atoms with van der Waals surface area (Å²) in [5.41, 5.74) is 1.57. The fourth-order valence-electron chi connectivity index (χ4n) is 4.11. The predicted octanol–water partition coefficient (Wildman–Crippen LogP) is 4.90. The summed E-state index contributed by atoms with van der Waals surface area (Å²) in [6.07, 6.45) is 0.130. The van der Waals surface area contributed by atoms with Crippen LogP contribution in [-0.2, 0) is 11.2 Å². The number of hydrogen-bond donors (Lipinski definition) is 2. The minimum atomic E-state index is -1.09. The molecule has 0 aliphatic heterocycles. The number of carboxylic acids is 1. The molecule has 0 bridgehead atoms. The van der Waals surface area contributed by atoms with Gasteiger partial charge in [0.05, 0.1) is 18.2 Å². The number of aromatic nitrogens is 2. The maximum Gasteiger partial charge on any atom is 0.335 e. The fraction of sp³-hybridized carbons (Fsp3) is 0.138. The number of methoxy groups -OCH3 is 1. The molecule has 0 aliphatic rings. The fourth-order valence-corrected chi connectivity index (χ4v) is 4.29. The Bertz CT molecular complexity index is 1600. The van der Waals surface area contributed by atoms with E-state index in [1.807, 2.05) is 30.3 Å². The minimum absolute atomic E-state index is 0.0241. The van der Waals surface area contributed by atoms with Crippen molar-refractivity contribution in [3.05, 3.63) is 111 Å². The van der Waals surface area contributed by atoms with Gasteiger partial charge in [0.1, 0.15) is 6.04 Å². The Morgan fingerprint density at radius 3 is 2.31 bits per heavy atom. The van der Waals surface area contributed by atoms with E-state index in [9.17, 15) is 19.2 Å². The van der Waals surface area contributed by atoms with E-state index in [4.69, 9.17) is 21.4 Å². The highest BCUT2D eigenvalue weighted by Crippen LogP contribution is 2.32. The Hall–Kier alpha value is -4.76. The van der Waals surface area contributed by atoms with E-state index in [2.05, 4.69) is 10.4 Å². The van der Waals surface area contributed by atoms with Crippen LogP contribution in [0.1, 0.15) is 39.2 Å². The lowest BCUT2D eigenvalue weighted by molar-refractivity contribution is -0.119. The van der Waals surface area contributed by atoms with Crippen molar-refractivity contribution in [2.45, 2.75) is 19.4 Å². The number of Topliss-reactive ketones (excluding diaryl/α,β-unsaturated/α-hetero) is 1. The third-order valence-electron chi connectivity index (χ3n) is 6.04. The number of aromatic carboxylic acids is 1. The summed E-state index contributed by atoms with van der Waals surface area (Å²) in [4.78, 5) is 50.4. The topological polar surface area (TPSA) is 128 Å². The maximum absolute atomic E-state index is 13.5. The van der Waals surface area contributed by atoms with E-state index in [1.165, 1.54) is 44.4 Å². The van der Waals surface area contributed by atoms with Crippen molar-refractivity contribution < 1.29 is 24.2 Å². The van der Waals surface area contributed by atoms with E-state index in [0.717, 1.165) is 10.2 Å². The van der Waals surface area contributed by atoms with Crippen LogP contribution in [0.3, 0.4) is 0 Å². The molecule has 198 valence electrons. The summed E-state index contributed by atoms with van der Waals surface area (Å²) in [5, 5.41) is 16.6. The molecule has 1 aromatic heterocycles. The third kappa shape index (κ3) is 6.22. The van der Waals surface area contributed by atoms with Gasteiger partial charge in [0.25, 0.3) is 5.56 Å². The normalized spacial score (nSPS) is 11.5. The third-order valence-corrected chi connectivity index (χ3v) is 6.27. The molecule has 1 heterocycles. The number of carboxylic acid groups (broad SMARTS) is 1. The van der Waals surface area contributed by atoms with Gasteiger partial charge in [-0.3, -0.25) is 14.4 Å². The standard InChI is InChI=1S/C29H24ClN3O6/c1-17(34)22-13-10-20(30)15-23(22)24-16-26(35)33(32-28(24)39-2)25(14-18-6-4-3-5-7-18)27(36)31-21-11-8-19(9-12-21)29(37)38/h3-13,15-16,25H,14H2,1-2H3,(H,31,36)(H,37,38). The van der Waals surface area contributed by atoms with Gasteiger partial charge < -0.3 is 15.2 Å². The largest absolute Gasteiger partial charge is 0.480 e. The van der Waals surface area contributed by atoms with E-state index in [0.29, 0.717) is 21.8 Å². The zero-order valence-corrected chi connectivity index (χ0v) is 21.8. The van der Waals surface area contributed by atoms with Gasteiger partial charge in [-0.1, -0.05) is 41.9 Å². The second-order valence-electron chi connectivity index (χ2n) is 8.67. The first kappa shape index (κ1) is 27.3. The average Bonchev–Trinajstić information content (AvgIpc) is 2.92. The Morgan fingerprint density at radius 1 is 1.00 bits per heavy atom. The van der Waals surface area contributed by atoms with Crippen LogP contribution >= 0.6 is 11.6 Å². The molecule has 1 amide bonds. The number of halogens is 1. The smallest absolute Gasteiger partial charge is 0.335 e. The van der Waals surface area contributed by atoms with E-state index in [-0.39, 0.29) is 29.2 Å². The summed E-state index contributed by atoms with van der Waals surface area (Å²) in [6.45, 7) is 1.40. The number of nitrogens with one attached hydrogen (secondary N) is 1. The Balaban J connectivity index is 1.79. The number of anilines is 1. The van der Waals surface area contributed by atoms with Gasteiger partial charge in [0, 0.05) is 28.8 Å². The summed E-state index contributed by atoms with van der Waals surface area (Å²) >= 11 is 6.18. The second-order valence-corrected chi connectivity index (χ2v) is 9.11. The minimum Gasteiger partial charge on any atom is -0.480 e. The highest BCUT2D eigenvalue weighted by atomic mass is 35.5. The quantitative estimate of drug-likeness (QED) is 0.286. The summed E-state index contributed by atoms with van der Waals surface area (Å²) in [7, 11) is 1.37. The summed E-state index contributed by atoms with van der Waals surface area (Å²) in [6, 6.07) is 19.6. The van der Waals surface area contributed by atoms with Crippen LogP contribution in [0.5, 0.6) is 5.88 Å². The zero-order chi connectivity index (χ0) is 28.1. The molecule has 4 aromatic rings. The molecule has 2 N–H and O–H groups in total. The molecule has 1 unspecified atom stereocenters. The highest BCUT2D eigenvalue weighted by Gasteiger charge is 2.26. The van der Waals surface area contributed by atoms with Crippen molar-refractivity contribution in [3.8, 4) is 17.0 Å². The molecule has 0 radical (unpaired) electrons. The van der Waals surface area contributed by atoms with Crippen LogP contribution < -0.4 is 15.6 Å². The molecule has 10 heteroatoms. The summed E-state index contributed by atoms with van der Waals surface area (Å²) < 4.78 is 6.53. The van der Waals surface area contributed by atoms with Gasteiger partial charge in [-0.05, 0) is 60.5 Å². The number of rotatable bonds is 9. The van der Waals surface area contributed by atoms with Gasteiger partial charge in [-0.2, -0.15) is 0 Å². The number of amides is 1. The molecular formula is C29H24ClN3O6. The van der Waals surface area contributed by atoms with Crippen LogP contribution in [0.15, 0.2) is 83.7 Å². The lowest BCUT2D eigenvalue weighted by Crippen LogP contribution is -2.36. The van der Waals surface area contributed by atoms with Crippen LogP contribution in [-0.4, -0.2) is 39.7 Å². The zero-order valence-electron chi connectivity index (χ0n) is 21.1. The molecule has 9 nitrogen and oxygen atoms in total. The Morgan fingerprint density at radius 2 is 1.69 bits per heavy atom. The van der Waals surface area contributed by atoms with Crippen LogP contribution in [0, 0.1) is 0 Å². The molecule has 0 fully saturated rings. The van der Waals surface area contributed by atoms with Crippen LogP contribution in [0.2, 0.25) is 5.02 Å². The van der Waals surface area contributed by atoms with Gasteiger partial charge in [-0.25, -0.2) is 9.48 Å². The van der Waals surface area contributed by atoms with Crippen LogP contribution in [0.4, 0.5) is 5.69 Å². The van der Waals surface area contributed by atoms with Gasteiger partial charge in [0.2, 0.25) is 11.8 Å². The molecule has 0 saturated carbocycles. The predicted molar refractivity (Wildman–Crippen MR) is 147 cm³/mol. The lowest BCUT2D eigenvalue weighted by atomic mass is 9.98. The first-order valence-electron chi connectivity index (χ1n) is 11.8. The number of carbonyl (C=O) groups is 3. The lowest BCUT2D eigenvalue weighted by Gasteiger charge is -2.20. The Kier molecular flexibility index (Phi) is 8.21. The number of carbonyl (C=O) groups excluding carboxylic acids is 2. The first-order valence-corrected chi connectivity index (χ1v) is 12.2. The molecule has 1 atom stereocenters. The van der Waals surface area contributed by atoms with Crippen molar-refractivity contribution in [3.63, 3.8) is 0 Å². The molecule has 39 heavy (non-hydrogen) atoms. The van der Waals surface area contributed by atoms with E-state index < -0.39 is 23.5 Å². The van der Waals surface area contributed by atoms with Crippen molar-refractivity contribution in [1.29, 1.82) is 0 Å². The monoisotopic (exact) mass is 545 g/mol. The molecular weight excluding hydrogens is 522 g/mol. The van der Waals surface area contributed by atoms with Crippen LogP contribution in [0.25, 0.3) is 11.1 Å². The first-order chi connectivity index (χ1) is 18.7. The summed E-state index contributed by atoms with van der Waals surface area (Å²) in [5.74, 6) is -1.84. The molecule has 0 aliphatic carbocycles. The van der Waals surface area contributed by atoms with Gasteiger partial charge in [-0.15, -0.1) is 5.10 Å². The van der Waals surface area contributed by atoms with E-state index >= 15 is 0 Å². The molecule has 0 spiro atoms. The van der Waals surface area contributed by atoms with Crippen molar-refractivity contribution >= 4 is 34.9 Å². The van der Waals surface area contributed by atoms with Gasteiger partial charge in [0.15, 0.2) is 5.78 Å². The number of ether oxygens (including phenoxy) is 1. The maximum atomic E-state index is 13.5. The van der Waals surface area contributed by atoms with Crippen molar-refractivity contribution in [2.75, 3.05) is 12.4 Å². The number of nitrogens with zero attached hydrogens (tertiary/aromatic N) is 2. The van der Waals surface area contributed by atoms with Gasteiger partial charge >= 0.3 is 5.97 Å². The number of ketones is 1. The van der Waals surface area contributed by atoms with E-state index in [1.54, 1.807) is 18.2 Å². The molecule has 3 aromatic carbocycles. The second kappa shape index (κ2) is 11.7. The molecule has 0 saturated heterocycles. The van der Waals surface area contributed by atoms with Crippen molar-refractivity contribution in [1.82, 2.24) is 9.78 Å². The molecule has 4 rings (SSSR count). The van der Waals surface area contributed by atoms with Crippen molar-refractivity contribution in [2.24, 2.45) is 0 Å². The Labute approximate surface area is 228 Å². The SMILES string of the molecule is COc1nn(C(Cc2ccccc2)C(=O)Nc2ccc(C(=O)O)cc2)c(=O)cc1-c1cc(Cl)ccc1C(C)=O. The number of hydrogen-bond acceptors (Lipinski definition) is 6.